The van der Waals surface area contributed by atoms with E-state index in [1.165, 1.54) is 5.56 Å². The minimum Gasteiger partial charge on any atom is -0.398 e. The SMILES string of the molecule is Cc1ccc(N)c(SCC(C)C(N)=O)c1. The average molecular weight is 224 g/mol. The molecule has 0 aliphatic heterocycles. The summed E-state index contributed by atoms with van der Waals surface area (Å²) in [4.78, 5) is 11.9. The van der Waals surface area contributed by atoms with Crippen LogP contribution in [0, 0.1) is 12.8 Å². The van der Waals surface area contributed by atoms with Crippen LogP contribution in [0.3, 0.4) is 0 Å². The molecule has 4 N–H and O–H groups in total. The Hall–Kier alpha value is -1.16. The molecule has 82 valence electrons. The van der Waals surface area contributed by atoms with Crippen LogP contribution < -0.4 is 11.5 Å². The molecular formula is C11H16N2OS. The fraction of sp³-hybridized carbons (Fsp3) is 0.364. The van der Waals surface area contributed by atoms with Gasteiger partial charge in [-0.2, -0.15) is 0 Å². The highest BCUT2D eigenvalue weighted by molar-refractivity contribution is 7.99. The van der Waals surface area contributed by atoms with Crippen molar-refractivity contribution in [2.24, 2.45) is 11.7 Å². The molecule has 0 fully saturated rings. The van der Waals surface area contributed by atoms with Crippen LogP contribution in [0.4, 0.5) is 5.69 Å². The average Bonchev–Trinajstić information content (AvgIpc) is 2.18. The quantitative estimate of drug-likeness (QED) is 0.605. The van der Waals surface area contributed by atoms with Crippen molar-refractivity contribution in [1.29, 1.82) is 0 Å². The number of rotatable bonds is 4. The van der Waals surface area contributed by atoms with E-state index in [0.717, 1.165) is 10.6 Å². The summed E-state index contributed by atoms with van der Waals surface area (Å²) in [5.41, 5.74) is 12.9. The summed E-state index contributed by atoms with van der Waals surface area (Å²) < 4.78 is 0. The monoisotopic (exact) mass is 224 g/mol. The molecule has 1 aromatic rings. The van der Waals surface area contributed by atoms with Gasteiger partial charge in [-0.3, -0.25) is 4.79 Å². The van der Waals surface area contributed by atoms with Gasteiger partial charge in [0.25, 0.3) is 0 Å². The zero-order chi connectivity index (χ0) is 11.4. The fourth-order valence-electron chi connectivity index (χ4n) is 1.06. The van der Waals surface area contributed by atoms with Crippen molar-refractivity contribution >= 4 is 23.4 Å². The van der Waals surface area contributed by atoms with Gasteiger partial charge in [-0.15, -0.1) is 11.8 Å². The highest BCUT2D eigenvalue weighted by Gasteiger charge is 2.10. The summed E-state index contributed by atoms with van der Waals surface area (Å²) in [7, 11) is 0. The van der Waals surface area contributed by atoms with Crippen LogP contribution in [-0.2, 0) is 4.79 Å². The zero-order valence-electron chi connectivity index (χ0n) is 8.99. The molecule has 1 rings (SSSR count). The Balaban J connectivity index is 2.65. The summed E-state index contributed by atoms with van der Waals surface area (Å²) in [5, 5.41) is 0. The number of hydrogen-bond acceptors (Lipinski definition) is 3. The predicted octanol–water partition coefficient (Wildman–Crippen LogP) is 1.79. The molecule has 0 bridgehead atoms. The molecule has 0 aromatic heterocycles. The lowest BCUT2D eigenvalue weighted by Gasteiger charge is -2.09. The lowest BCUT2D eigenvalue weighted by molar-refractivity contribution is -0.120. The first-order valence-corrected chi connectivity index (χ1v) is 5.77. The highest BCUT2D eigenvalue weighted by atomic mass is 32.2. The molecule has 0 radical (unpaired) electrons. The molecule has 15 heavy (non-hydrogen) atoms. The lowest BCUT2D eigenvalue weighted by Crippen LogP contribution is -2.22. The number of carbonyl (C=O) groups is 1. The van der Waals surface area contributed by atoms with Crippen molar-refractivity contribution in [1.82, 2.24) is 0 Å². The number of aryl methyl sites for hydroxylation is 1. The largest absolute Gasteiger partial charge is 0.398 e. The van der Waals surface area contributed by atoms with Gasteiger partial charge in [0.05, 0.1) is 0 Å². The molecule has 0 saturated carbocycles. The summed E-state index contributed by atoms with van der Waals surface area (Å²) >= 11 is 1.57. The second-order valence-electron chi connectivity index (χ2n) is 3.66. The van der Waals surface area contributed by atoms with Crippen LogP contribution in [0.25, 0.3) is 0 Å². The van der Waals surface area contributed by atoms with Gasteiger partial charge in [-0.1, -0.05) is 13.0 Å². The van der Waals surface area contributed by atoms with E-state index in [0.29, 0.717) is 5.75 Å². The highest BCUT2D eigenvalue weighted by Crippen LogP contribution is 2.27. The second kappa shape index (κ2) is 5.07. The van der Waals surface area contributed by atoms with E-state index in [1.807, 2.05) is 32.0 Å². The van der Waals surface area contributed by atoms with Crippen LogP contribution in [-0.4, -0.2) is 11.7 Å². The molecule has 0 saturated heterocycles. The molecule has 4 heteroatoms. The Labute approximate surface area is 94.2 Å². The standard InChI is InChI=1S/C11H16N2OS/c1-7-3-4-9(12)10(5-7)15-6-8(2)11(13)14/h3-5,8H,6,12H2,1-2H3,(H2,13,14). The topological polar surface area (TPSA) is 69.1 Å². The molecular weight excluding hydrogens is 208 g/mol. The van der Waals surface area contributed by atoms with Gasteiger partial charge >= 0.3 is 0 Å². The van der Waals surface area contributed by atoms with Gasteiger partial charge in [0, 0.05) is 22.3 Å². The van der Waals surface area contributed by atoms with Crippen LogP contribution in [0.2, 0.25) is 0 Å². The van der Waals surface area contributed by atoms with E-state index < -0.39 is 0 Å². The Morgan fingerprint density at radius 1 is 1.53 bits per heavy atom. The fourth-order valence-corrected chi connectivity index (χ4v) is 2.16. The number of thioether (sulfide) groups is 1. The third kappa shape index (κ3) is 3.47. The van der Waals surface area contributed by atoms with Gasteiger partial charge in [-0.05, 0) is 24.6 Å². The molecule has 0 heterocycles. The lowest BCUT2D eigenvalue weighted by atomic mass is 10.2. The number of primary amides is 1. The van der Waals surface area contributed by atoms with Crippen molar-refractivity contribution in [2.75, 3.05) is 11.5 Å². The maximum Gasteiger partial charge on any atom is 0.221 e. The molecule has 1 amide bonds. The van der Waals surface area contributed by atoms with Crippen molar-refractivity contribution in [2.45, 2.75) is 18.7 Å². The van der Waals surface area contributed by atoms with Crippen molar-refractivity contribution in [3.8, 4) is 0 Å². The number of hydrogen-bond donors (Lipinski definition) is 2. The Bertz CT molecular complexity index is 366. The van der Waals surface area contributed by atoms with Crippen LogP contribution in [0.5, 0.6) is 0 Å². The first-order chi connectivity index (χ1) is 7.00. The van der Waals surface area contributed by atoms with E-state index in [1.54, 1.807) is 11.8 Å². The molecule has 1 aromatic carbocycles. The van der Waals surface area contributed by atoms with Crippen molar-refractivity contribution in [3.63, 3.8) is 0 Å². The van der Waals surface area contributed by atoms with Gasteiger partial charge in [0.2, 0.25) is 5.91 Å². The third-order valence-electron chi connectivity index (χ3n) is 2.14. The minimum absolute atomic E-state index is 0.130. The van der Waals surface area contributed by atoms with E-state index >= 15 is 0 Å². The maximum absolute atomic E-state index is 10.9. The molecule has 0 aliphatic carbocycles. The molecule has 1 unspecified atom stereocenters. The van der Waals surface area contributed by atoms with Crippen LogP contribution in [0.1, 0.15) is 12.5 Å². The zero-order valence-corrected chi connectivity index (χ0v) is 9.80. The number of benzene rings is 1. The molecule has 3 nitrogen and oxygen atoms in total. The van der Waals surface area contributed by atoms with Gasteiger partial charge in [-0.25, -0.2) is 0 Å². The third-order valence-corrected chi connectivity index (χ3v) is 3.47. The minimum atomic E-state index is -0.270. The first-order valence-electron chi connectivity index (χ1n) is 4.79. The first kappa shape index (κ1) is 11.9. The van der Waals surface area contributed by atoms with E-state index in [-0.39, 0.29) is 11.8 Å². The van der Waals surface area contributed by atoms with E-state index in [9.17, 15) is 4.79 Å². The Morgan fingerprint density at radius 3 is 2.80 bits per heavy atom. The second-order valence-corrected chi connectivity index (χ2v) is 4.72. The Kier molecular flexibility index (Phi) is 4.03. The van der Waals surface area contributed by atoms with Gasteiger partial charge < -0.3 is 11.5 Å². The van der Waals surface area contributed by atoms with E-state index in [4.69, 9.17) is 11.5 Å². The molecule has 1 atom stereocenters. The summed E-state index contributed by atoms with van der Waals surface area (Å²) in [6.45, 7) is 3.84. The summed E-state index contributed by atoms with van der Waals surface area (Å²) in [6, 6.07) is 5.87. The Morgan fingerprint density at radius 2 is 2.20 bits per heavy atom. The summed E-state index contributed by atoms with van der Waals surface area (Å²) in [6.07, 6.45) is 0. The smallest absolute Gasteiger partial charge is 0.221 e. The normalized spacial score (nSPS) is 12.4. The van der Waals surface area contributed by atoms with Crippen LogP contribution in [0.15, 0.2) is 23.1 Å². The maximum atomic E-state index is 10.9. The number of carbonyl (C=O) groups excluding carboxylic acids is 1. The predicted molar refractivity (Wildman–Crippen MR) is 64.7 cm³/mol. The number of anilines is 1. The number of amides is 1. The van der Waals surface area contributed by atoms with Crippen molar-refractivity contribution < 1.29 is 4.79 Å². The van der Waals surface area contributed by atoms with Gasteiger partial charge in [0.1, 0.15) is 0 Å². The summed E-state index contributed by atoms with van der Waals surface area (Å²) in [5.74, 6) is 0.270. The van der Waals surface area contributed by atoms with Crippen molar-refractivity contribution in [3.05, 3.63) is 23.8 Å². The van der Waals surface area contributed by atoms with Crippen LogP contribution >= 0.6 is 11.8 Å². The number of nitrogen functional groups attached to an aromatic ring is 1. The van der Waals surface area contributed by atoms with E-state index in [2.05, 4.69) is 0 Å². The van der Waals surface area contributed by atoms with Gasteiger partial charge in [0.15, 0.2) is 0 Å². The number of nitrogens with two attached hydrogens (primary N) is 2. The molecule has 0 aliphatic rings. The molecule has 0 spiro atoms.